The zero-order valence-electron chi connectivity index (χ0n) is 24.6. The molecule has 0 radical (unpaired) electrons. The van der Waals surface area contributed by atoms with E-state index in [1.54, 1.807) is 24.9 Å². The number of rotatable bonds is 9. The summed E-state index contributed by atoms with van der Waals surface area (Å²) in [6.07, 6.45) is 7.83. The minimum atomic E-state index is -0.0259. The van der Waals surface area contributed by atoms with Gasteiger partial charge in [-0.3, -0.25) is 4.79 Å². The fourth-order valence-electron chi connectivity index (χ4n) is 6.18. The van der Waals surface area contributed by atoms with Crippen LogP contribution in [-0.2, 0) is 4.79 Å². The van der Waals surface area contributed by atoms with E-state index in [4.69, 9.17) is 18.9 Å². The molecule has 12 heteroatoms. The molecule has 2 bridgehead atoms. The molecule has 0 spiro atoms. The van der Waals surface area contributed by atoms with E-state index in [2.05, 4.69) is 31.9 Å². The van der Waals surface area contributed by atoms with Crippen LogP contribution in [0.2, 0.25) is 0 Å². The van der Waals surface area contributed by atoms with Gasteiger partial charge in [-0.15, -0.1) is 0 Å². The van der Waals surface area contributed by atoms with Gasteiger partial charge in [0.15, 0.2) is 17.1 Å². The van der Waals surface area contributed by atoms with Crippen LogP contribution in [0.25, 0.3) is 16.6 Å². The minimum Gasteiger partial charge on any atom is -0.494 e. The molecule has 1 saturated heterocycles. The third-order valence-corrected chi connectivity index (χ3v) is 8.36. The van der Waals surface area contributed by atoms with Crippen molar-refractivity contribution in [1.29, 1.82) is 0 Å². The molecule has 1 amide bonds. The summed E-state index contributed by atoms with van der Waals surface area (Å²) in [5.74, 6) is 3.86. The number of carbonyl (C=O) groups is 1. The summed E-state index contributed by atoms with van der Waals surface area (Å²) in [6, 6.07) is 11.4. The average Bonchev–Trinajstić information content (AvgIpc) is 3.78. The fourth-order valence-corrected chi connectivity index (χ4v) is 6.18. The molecule has 3 unspecified atom stereocenters. The maximum absolute atomic E-state index is 12.2. The lowest BCUT2D eigenvalue weighted by atomic mass is 10.1. The van der Waals surface area contributed by atoms with Gasteiger partial charge in [-0.25, -0.2) is 19.5 Å². The molecule has 5 aromatic rings. The number of piperidine rings is 1. The second-order valence-corrected chi connectivity index (χ2v) is 10.9. The van der Waals surface area contributed by atoms with Gasteiger partial charge < -0.3 is 29.2 Å². The van der Waals surface area contributed by atoms with Crippen LogP contribution in [0.15, 0.2) is 67.9 Å². The lowest BCUT2D eigenvalue weighted by Gasteiger charge is -2.31. The molecular formula is C32H31N7O5. The molecule has 7 rings (SSSR count). The molecule has 1 saturated carbocycles. The summed E-state index contributed by atoms with van der Waals surface area (Å²) >= 11 is 0. The molecule has 3 aromatic heterocycles. The number of hydrogen-bond donors (Lipinski definition) is 1. The molecule has 12 nitrogen and oxygen atoms in total. The van der Waals surface area contributed by atoms with Gasteiger partial charge in [0, 0.05) is 54.7 Å². The first kappa shape index (κ1) is 27.4. The number of anilines is 2. The highest BCUT2D eigenvalue weighted by molar-refractivity contribution is 5.93. The van der Waals surface area contributed by atoms with Crippen LogP contribution in [-0.4, -0.2) is 68.3 Å². The van der Waals surface area contributed by atoms with E-state index in [0.717, 1.165) is 23.8 Å². The number of nitrogens with one attached hydrogen (secondary N) is 1. The van der Waals surface area contributed by atoms with Crippen LogP contribution in [0.4, 0.5) is 11.5 Å². The van der Waals surface area contributed by atoms with Crippen molar-refractivity contribution >= 4 is 34.0 Å². The number of nitrogens with zero attached hydrogens (tertiary/aromatic N) is 6. The molecule has 2 fully saturated rings. The number of amides is 1. The third kappa shape index (κ3) is 4.87. The number of carbonyl (C=O) groups excluding carboxylic acids is 1. The Hall–Kier alpha value is -5.39. The molecule has 44 heavy (non-hydrogen) atoms. The Bertz CT molecular complexity index is 1910. The van der Waals surface area contributed by atoms with Crippen LogP contribution < -0.4 is 24.3 Å². The first-order chi connectivity index (χ1) is 21.4. The monoisotopic (exact) mass is 593 g/mol. The number of hydrogen-bond acceptors (Lipinski definition) is 10. The number of methoxy groups -OCH3 is 2. The van der Waals surface area contributed by atoms with Crippen molar-refractivity contribution in [3.8, 4) is 28.7 Å². The van der Waals surface area contributed by atoms with Gasteiger partial charge >= 0.3 is 0 Å². The lowest BCUT2D eigenvalue weighted by molar-refractivity contribution is -0.128. The number of pyridine rings is 1. The van der Waals surface area contributed by atoms with Gasteiger partial charge in [0.25, 0.3) is 0 Å². The molecular weight excluding hydrogens is 562 g/mol. The lowest BCUT2D eigenvalue weighted by Crippen LogP contribution is -2.42. The smallest absolute Gasteiger partial charge is 0.246 e. The van der Waals surface area contributed by atoms with Crippen molar-refractivity contribution < 1.29 is 23.7 Å². The van der Waals surface area contributed by atoms with E-state index in [0.29, 0.717) is 58.0 Å². The Kier molecular flexibility index (Phi) is 6.88. The summed E-state index contributed by atoms with van der Waals surface area (Å²) in [7, 11) is 3.22. The molecule has 3 atom stereocenters. The van der Waals surface area contributed by atoms with Crippen molar-refractivity contribution in [3.05, 3.63) is 73.5 Å². The van der Waals surface area contributed by atoms with Crippen molar-refractivity contribution in [3.63, 3.8) is 0 Å². The zero-order valence-corrected chi connectivity index (χ0v) is 24.6. The quantitative estimate of drug-likeness (QED) is 0.231. The first-order valence-corrected chi connectivity index (χ1v) is 14.3. The first-order valence-electron chi connectivity index (χ1n) is 14.3. The van der Waals surface area contributed by atoms with Crippen LogP contribution in [0.1, 0.15) is 18.4 Å². The van der Waals surface area contributed by atoms with Crippen LogP contribution in [0, 0.1) is 12.8 Å². The normalized spacial score (nSPS) is 18.9. The van der Waals surface area contributed by atoms with Gasteiger partial charge in [0.2, 0.25) is 5.91 Å². The third-order valence-electron chi connectivity index (χ3n) is 8.36. The molecule has 1 aliphatic heterocycles. The van der Waals surface area contributed by atoms with Crippen molar-refractivity contribution in [2.45, 2.75) is 31.9 Å². The Morgan fingerprint density at radius 1 is 1.00 bits per heavy atom. The summed E-state index contributed by atoms with van der Waals surface area (Å²) in [5, 5.41) is 8.31. The van der Waals surface area contributed by atoms with Crippen LogP contribution >= 0.6 is 0 Å². The van der Waals surface area contributed by atoms with E-state index in [9.17, 15) is 4.79 Å². The van der Waals surface area contributed by atoms with Crippen LogP contribution in [0.3, 0.4) is 0 Å². The minimum absolute atomic E-state index is 0.0225. The molecule has 2 aliphatic rings. The highest BCUT2D eigenvalue weighted by Crippen LogP contribution is 2.43. The average molecular weight is 594 g/mol. The number of aryl methyl sites for hydroxylation is 1. The van der Waals surface area contributed by atoms with Gasteiger partial charge in [-0.2, -0.15) is 5.10 Å². The number of likely N-dealkylation sites (tertiary alicyclic amines) is 1. The zero-order chi connectivity index (χ0) is 30.4. The second-order valence-electron chi connectivity index (χ2n) is 10.9. The standard InChI is InChI=1S/C32H31N7O5/c1-5-31(40)38-15-19-9-20(38)10-26(19)44-29-12-22-23(13-28(29)42-4)33-16-35-32(22)37-24-8-18(2)25(14-27(24)41-3)43-21-6-7-39-30(11-21)34-17-36-39/h5-8,11-14,16-17,19-20,26H,1,9-10,15H2,2-4H3,(H,33,35,37). The number of benzene rings is 2. The van der Waals surface area contributed by atoms with E-state index in [-0.39, 0.29) is 24.0 Å². The Balaban J connectivity index is 1.16. The summed E-state index contributed by atoms with van der Waals surface area (Å²) in [6.45, 7) is 6.26. The van der Waals surface area contributed by atoms with Gasteiger partial charge in [-0.1, -0.05) is 6.58 Å². The SMILES string of the molecule is C=CC(=O)N1CC2CC1CC2Oc1cc2c(Nc3cc(C)c(Oc4ccn5ncnc5c4)cc3OC)ncnc2cc1OC. The predicted octanol–water partition coefficient (Wildman–Crippen LogP) is 5.09. The van der Waals surface area contributed by atoms with E-state index >= 15 is 0 Å². The van der Waals surface area contributed by atoms with Crippen LogP contribution in [0.5, 0.6) is 28.7 Å². The van der Waals surface area contributed by atoms with Crippen molar-refractivity contribution in [2.75, 3.05) is 26.1 Å². The highest BCUT2D eigenvalue weighted by atomic mass is 16.5. The Morgan fingerprint density at radius 3 is 2.64 bits per heavy atom. The van der Waals surface area contributed by atoms with Gasteiger partial charge in [-0.05, 0) is 43.2 Å². The second kappa shape index (κ2) is 11.0. The fraction of sp³-hybridized carbons (Fsp3) is 0.281. The number of ether oxygens (including phenoxy) is 4. The predicted molar refractivity (Wildman–Crippen MR) is 163 cm³/mol. The largest absolute Gasteiger partial charge is 0.494 e. The van der Waals surface area contributed by atoms with Crippen molar-refractivity contribution in [2.24, 2.45) is 5.92 Å². The van der Waals surface area contributed by atoms with Gasteiger partial charge in [0.1, 0.15) is 41.8 Å². The Labute approximate surface area is 253 Å². The summed E-state index contributed by atoms with van der Waals surface area (Å²) < 4.78 is 25.8. The number of aromatic nitrogens is 5. The molecule has 4 heterocycles. The molecule has 2 aromatic carbocycles. The van der Waals surface area contributed by atoms with E-state index in [1.807, 2.05) is 48.2 Å². The highest BCUT2D eigenvalue weighted by Gasteiger charge is 2.47. The maximum Gasteiger partial charge on any atom is 0.246 e. The maximum atomic E-state index is 12.2. The topological polar surface area (TPSA) is 125 Å². The molecule has 1 N–H and O–H groups in total. The van der Waals surface area contributed by atoms with Crippen molar-refractivity contribution in [1.82, 2.24) is 29.5 Å². The summed E-state index contributed by atoms with van der Waals surface area (Å²) in [4.78, 5) is 27.4. The molecule has 1 aliphatic carbocycles. The Morgan fingerprint density at radius 2 is 1.86 bits per heavy atom. The number of fused-ring (bicyclic) bond motifs is 4. The molecule has 224 valence electrons. The van der Waals surface area contributed by atoms with Gasteiger partial charge in [0.05, 0.1) is 25.4 Å². The van der Waals surface area contributed by atoms with E-state index < -0.39 is 0 Å². The van der Waals surface area contributed by atoms with E-state index in [1.165, 1.54) is 18.7 Å². The summed E-state index contributed by atoms with van der Waals surface area (Å²) in [5.41, 5.74) is 2.98.